The molecule has 0 aliphatic rings. The Hall–Kier alpha value is -2.42. The molecule has 0 saturated heterocycles. The van der Waals surface area contributed by atoms with Gasteiger partial charge in [-0.05, 0) is 42.8 Å². The quantitative estimate of drug-likeness (QED) is 0.484. The van der Waals surface area contributed by atoms with E-state index in [2.05, 4.69) is 0 Å². The van der Waals surface area contributed by atoms with Gasteiger partial charge in [0, 0.05) is 26.2 Å². The lowest BCUT2D eigenvalue weighted by molar-refractivity contribution is -0.0258. The number of hydroxylamine groups is 1. The third kappa shape index (κ3) is 5.53. The van der Waals surface area contributed by atoms with Gasteiger partial charge in [0.2, 0.25) is 0 Å². The van der Waals surface area contributed by atoms with Gasteiger partial charge >= 0.3 is 0 Å². The molecular formula is C19H24N2O5S. The van der Waals surface area contributed by atoms with Gasteiger partial charge in [0.1, 0.15) is 5.75 Å². The lowest BCUT2D eigenvalue weighted by Crippen LogP contribution is -2.29. The van der Waals surface area contributed by atoms with Gasteiger partial charge in [-0.2, -0.15) is 0 Å². The predicted molar refractivity (Wildman–Crippen MR) is 102 cm³/mol. The maximum atomic E-state index is 12.5. The molecular weight excluding hydrogens is 368 g/mol. The van der Waals surface area contributed by atoms with Crippen molar-refractivity contribution >= 4 is 15.9 Å². The molecule has 0 aliphatic heterocycles. The minimum atomic E-state index is -3.73. The van der Waals surface area contributed by atoms with E-state index in [0.717, 1.165) is 10.2 Å². The summed E-state index contributed by atoms with van der Waals surface area (Å²) in [6, 6.07) is 15.3. The first-order chi connectivity index (χ1) is 12.9. The number of sulfonamides is 1. The van der Waals surface area contributed by atoms with Crippen LogP contribution in [0.5, 0.6) is 5.75 Å². The zero-order valence-corrected chi connectivity index (χ0v) is 16.5. The number of carbonyl (C=O) groups is 1. The highest BCUT2D eigenvalue weighted by molar-refractivity contribution is 7.89. The summed E-state index contributed by atoms with van der Waals surface area (Å²) < 4.78 is 30.7. The van der Waals surface area contributed by atoms with Crippen molar-refractivity contribution in [1.29, 1.82) is 0 Å². The van der Waals surface area contributed by atoms with Crippen LogP contribution in [0.1, 0.15) is 16.8 Å². The fourth-order valence-corrected chi connectivity index (χ4v) is 3.32. The second kappa shape index (κ2) is 9.50. The summed E-state index contributed by atoms with van der Waals surface area (Å²) in [6.45, 7) is 1.03. The molecule has 0 radical (unpaired) electrons. The average molecular weight is 392 g/mol. The van der Waals surface area contributed by atoms with Crippen molar-refractivity contribution in [3.05, 3.63) is 60.2 Å². The molecule has 2 rings (SSSR count). The van der Waals surface area contributed by atoms with Crippen molar-refractivity contribution < 1.29 is 22.8 Å². The van der Waals surface area contributed by atoms with Crippen LogP contribution in [0.25, 0.3) is 0 Å². The first-order valence-electron chi connectivity index (χ1n) is 8.42. The molecule has 0 saturated carbocycles. The van der Waals surface area contributed by atoms with Crippen molar-refractivity contribution in [3.8, 4) is 5.75 Å². The van der Waals surface area contributed by atoms with E-state index in [1.807, 2.05) is 30.3 Å². The largest absolute Gasteiger partial charge is 0.494 e. The van der Waals surface area contributed by atoms with Crippen molar-refractivity contribution in [2.75, 3.05) is 34.4 Å². The first kappa shape index (κ1) is 20.9. The van der Waals surface area contributed by atoms with Gasteiger partial charge in [-0.15, -0.1) is 0 Å². The molecule has 27 heavy (non-hydrogen) atoms. The number of hydrogen-bond donors (Lipinski definition) is 0. The van der Waals surface area contributed by atoms with Crippen molar-refractivity contribution in [2.45, 2.75) is 11.3 Å². The van der Waals surface area contributed by atoms with E-state index in [9.17, 15) is 13.2 Å². The van der Waals surface area contributed by atoms with Gasteiger partial charge in [0.15, 0.2) is 0 Å². The third-order valence-corrected chi connectivity index (χ3v) is 5.69. The summed E-state index contributed by atoms with van der Waals surface area (Å²) in [4.78, 5) is 18.8. The van der Waals surface area contributed by atoms with Gasteiger partial charge < -0.3 is 9.64 Å². The molecule has 0 unspecified atom stereocenters. The fourth-order valence-electron chi connectivity index (χ4n) is 2.35. The molecule has 7 nitrogen and oxygen atoms in total. The summed E-state index contributed by atoms with van der Waals surface area (Å²) in [7, 11) is 0.552. The highest BCUT2D eigenvalue weighted by Gasteiger charge is 2.21. The lowest BCUT2D eigenvalue weighted by Gasteiger charge is -2.18. The van der Waals surface area contributed by atoms with Crippen molar-refractivity contribution in [2.24, 2.45) is 0 Å². The molecule has 1 amide bonds. The Bertz CT molecular complexity index is 838. The number of para-hydroxylation sites is 1. The maximum absolute atomic E-state index is 12.5. The van der Waals surface area contributed by atoms with E-state index >= 15 is 0 Å². The zero-order valence-electron chi connectivity index (χ0n) is 15.7. The second-order valence-corrected chi connectivity index (χ2v) is 7.80. The van der Waals surface area contributed by atoms with E-state index < -0.39 is 10.0 Å². The Labute approximate surface area is 160 Å². The Morgan fingerprint density at radius 1 is 1.00 bits per heavy atom. The van der Waals surface area contributed by atoms with Crippen LogP contribution in [0.4, 0.5) is 0 Å². The molecule has 0 aliphatic carbocycles. The monoisotopic (exact) mass is 392 g/mol. The molecule has 146 valence electrons. The average Bonchev–Trinajstić information content (AvgIpc) is 2.70. The molecule has 0 heterocycles. The molecule has 0 spiro atoms. The van der Waals surface area contributed by atoms with E-state index in [-0.39, 0.29) is 10.8 Å². The Balaban J connectivity index is 1.89. The minimum absolute atomic E-state index is 0.0577. The number of hydrogen-bond acceptors (Lipinski definition) is 5. The molecule has 8 heteroatoms. The number of benzene rings is 2. The van der Waals surface area contributed by atoms with E-state index in [1.165, 1.54) is 38.4 Å². The normalized spacial score (nSPS) is 11.4. The molecule has 2 aromatic rings. The Morgan fingerprint density at radius 2 is 1.63 bits per heavy atom. The summed E-state index contributed by atoms with van der Waals surface area (Å²) in [5, 5.41) is 0. The molecule has 0 bridgehead atoms. The summed E-state index contributed by atoms with van der Waals surface area (Å²) in [5.74, 6) is 0.614. The number of nitrogens with zero attached hydrogens (tertiary/aromatic N) is 2. The molecule has 2 aromatic carbocycles. The summed E-state index contributed by atoms with van der Waals surface area (Å²) in [6.07, 6.45) is 0.683. The number of carbonyl (C=O) groups excluding carboxylic acids is 1. The number of rotatable bonds is 9. The first-order valence-corrected chi connectivity index (χ1v) is 9.86. The van der Waals surface area contributed by atoms with Gasteiger partial charge in [-0.1, -0.05) is 22.7 Å². The van der Waals surface area contributed by atoms with Crippen LogP contribution in [0.15, 0.2) is 59.5 Å². The topological polar surface area (TPSA) is 76.2 Å². The van der Waals surface area contributed by atoms with Crippen LogP contribution in [0.2, 0.25) is 0 Å². The highest BCUT2D eigenvalue weighted by atomic mass is 32.2. The van der Waals surface area contributed by atoms with Gasteiger partial charge in [0.25, 0.3) is 15.9 Å². The van der Waals surface area contributed by atoms with Crippen LogP contribution in [-0.4, -0.2) is 58.1 Å². The van der Waals surface area contributed by atoms with Crippen LogP contribution in [0.3, 0.4) is 0 Å². The van der Waals surface area contributed by atoms with E-state index in [0.29, 0.717) is 25.1 Å². The van der Waals surface area contributed by atoms with Crippen LogP contribution in [-0.2, 0) is 14.9 Å². The van der Waals surface area contributed by atoms with Crippen molar-refractivity contribution in [1.82, 2.24) is 9.37 Å². The van der Waals surface area contributed by atoms with Gasteiger partial charge in [-0.3, -0.25) is 9.63 Å². The molecule has 0 fully saturated rings. The lowest BCUT2D eigenvalue weighted by atomic mass is 10.2. The second-order valence-electron chi connectivity index (χ2n) is 5.86. The SMILES string of the molecule is CON(C)S(=O)(=O)c1ccc(C(=O)N(C)CCCOc2ccccc2)cc1. The van der Waals surface area contributed by atoms with Crippen LogP contribution < -0.4 is 4.74 Å². The maximum Gasteiger partial charge on any atom is 0.264 e. The van der Waals surface area contributed by atoms with Crippen LogP contribution in [0, 0.1) is 0 Å². The third-order valence-electron chi connectivity index (χ3n) is 3.99. The smallest absolute Gasteiger partial charge is 0.264 e. The van der Waals surface area contributed by atoms with Gasteiger partial charge in [0.05, 0.1) is 18.6 Å². The number of amides is 1. The van der Waals surface area contributed by atoms with Gasteiger partial charge in [-0.25, -0.2) is 8.42 Å². The minimum Gasteiger partial charge on any atom is -0.494 e. The summed E-state index contributed by atoms with van der Waals surface area (Å²) >= 11 is 0. The Morgan fingerprint density at radius 3 is 2.22 bits per heavy atom. The zero-order chi connectivity index (χ0) is 19.9. The van der Waals surface area contributed by atoms with E-state index in [4.69, 9.17) is 9.57 Å². The molecule has 0 aromatic heterocycles. The number of ether oxygens (including phenoxy) is 1. The molecule has 0 N–H and O–H groups in total. The Kier molecular flexibility index (Phi) is 7.35. The fraction of sp³-hybridized carbons (Fsp3) is 0.316. The molecule has 0 atom stereocenters. The summed E-state index contributed by atoms with van der Waals surface area (Å²) in [5.41, 5.74) is 0.417. The predicted octanol–water partition coefficient (Wildman–Crippen LogP) is 2.41. The van der Waals surface area contributed by atoms with Crippen molar-refractivity contribution in [3.63, 3.8) is 0 Å². The van der Waals surface area contributed by atoms with E-state index in [1.54, 1.807) is 11.9 Å². The standard InChI is InChI=1S/C19H24N2O5S/c1-20(14-7-15-26-17-8-5-4-6-9-17)19(22)16-10-12-18(13-11-16)27(23,24)21(2)25-3/h4-6,8-13H,7,14-15H2,1-3H3. The van der Waals surface area contributed by atoms with Crippen LogP contribution >= 0.6 is 0 Å². The highest BCUT2D eigenvalue weighted by Crippen LogP contribution is 2.16.